The van der Waals surface area contributed by atoms with Gasteiger partial charge in [0.25, 0.3) is 11.6 Å². The van der Waals surface area contributed by atoms with Gasteiger partial charge in [-0.3, -0.25) is 14.9 Å². The minimum atomic E-state index is -0.459. The van der Waals surface area contributed by atoms with Gasteiger partial charge >= 0.3 is 0 Å². The van der Waals surface area contributed by atoms with Gasteiger partial charge in [-0.05, 0) is 50.2 Å². The van der Waals surface area contributed by atoms with Crippen molar-refractivity contribution in [2.75, 3.05) is 11.9 Å². The number of anilines is 1. The maximum absolute atomic E-state index is 12.3. The van der Waals surface area contributed by atoms with Gasteiger partial charge in [0.05, 0.1) is 11.0 Å². The number of nitro groups is 1. The molecule has 24 heavy (non-hydrogen) atoms. The van der Waals surface area contributed by atoms with Crippen LogP contribution >= 0.6 is 0 Å². The summed E-state index contributed by atoms with van der Waals surface area (Å²) in [5.41, 5.74) is 0.691. The predicted molar refractivity (Wildman–Crippen MR) is 90.0 cm³/mol. The molecule has 130 valence electrons. The Balaban J connectivity index is 1.63. The molecule has 0 aromatic heterocycles. The quantitative estimate of drug-likeness (QED) is 0.548. The number of carbonyl (C=O) groups is 1. The van der Waals surface area contributed by atoms with Crippen molar-refractivity contribution in [3.8, 4) is 0 Å². The molecule has 0 aliphatic heterocycles. The Kier molecular flexibility index (Phi) is 4.99. The van der Waals surface area contributed by atoms with Gasteiger partial charge in [0.1, 0.15) is 5.69 Å². The van der Waals surface area contributed by atoms with E-state index in [4.69, 9.17) is 0 Å². The van der Waals surface area contributed by atoms with Crippen LogP contribution in [0.2, 0.25) is 0 Å². The summed E-state index contributed by atoms with van der Waals surface area (Å²) in [6.45, 7) is 0.492. The second-order valence-electron chi connectivity index (χ2n) is 6.80. The molecule has 2 atom stereocenters. The summed E-state index contributed by atoms with van der Waals surface area (Å²) in [5.74, 6) is -0.0420. The third-order valence-corrected chi connectivity index (χ3v) is 4.70. The molecule has 2 saturated carbocycles. The van der Waals surface area contributed by atoms with E-state index in [0.29, 0.717) is 30.3 Å². The molecule has 3 rings (SSSR count). The summed E-state index contributed by atoms with van der Waals surface area (Å²) in [7, 11) is 0. The van der Waals surface area contributed by atoms with Gasteiger partial charge in [-0.25, -0.2) is 0 Å². The minimum absolute atomic E-state index is 0.0670. The molecular weight excluding hydrogens is 310 g/mol. The zero-order valence-corrected chi connectivity index (χ0v) is 13.5. The lowest BCUT2D eigenvalue weighted by molar-refractivity contribution is -0.384. The molecule has 1 aromatic carbocycles. The van der Waals surface area contributed by atoms with Crippen LogP contribution in [-0.4, -0.2) is 34.6 Å². The fourth-order valence-electron chi connectivity index (χ4n) is 3.18. The summed E-state index contributed by atoms with van der Waals surface area (Å²) in [5, 5.41) is 26.9. The number of hydrogen-bond acceptors (Lipinski definition) is 5. The molecule has 7 heteroatoms. The topological polar surface area (TPSA) is 104 Å². The summed E-state index contributed by atoms with van der Waals surface area (Å²) >= 11 is 0. The van der Waals surface area contributed by atoms with Crippen molar-refractivity contribution in [3.05, 3.63) is 33.9 Å². The average Bonchev–Trinajstić information content (AvgIpc) is 3.37. The largest absolute Gasteiger partial charge is 0.393 e. The number of aliphatic hydroxyl groups excluding tert-OH is 1. The van der Waals surface area contributed by atoms with E-state index in [1.807, 2.05) is 0 Å². The van der Waals surface area contributed by atoms with Crippen LogP contribution in [0.5, 0.6) is 0 Å². The second-order valence-corrected chi connectivity index (χ2v) is 6.80. The van der Waals surface area contributed by atoms with Crippen LogP contribution in [-0.2, 0) is 0 Å². The summed E-state index contributed by atoms with van der Waals surface area (Å²) in [6.07, 6.45) is 5.24. The first kappa shape index (κ1) is 16.7. The maximum Gasteiger partial charge on any atom is 0.293 e. The second kappa shape index (κ2) is 7.17. The zero-order chi connectivity index (χ0) is 17.1. The molecule has 1 aromatic rings. The molecule has 2 aliphatic rings. The van der Waals surface area contributed by atoms with Crippen molar-refractivity contribution in [2.24, 2.45) is 5.92 Å². The van der Waals surface area contributed by atoms with Gasteiger partial charge in [0.15, 0.2) is 0 Å². The van der Waals surface area contributed by atoms with E-state index in [1.165, 1.54) is 6.07 Å². The van der Waals surface area contributed by atoms with Crippen LogP contribution in [0.25, 0.3) is 0 Å². The Morgan fingerprint density at radius 3 is 2.75 bits per heavy atom. The monoisotopic (exact) mass is 333 g/mol. The van der Waals surface area contributed by atoms with Gasteiger partial charge in [-0.2, -0.15) is 0 Å². The molecule has 1 amide bonds. The third kappa shape index (κ3) is 4.23. The maximum atomic E-state index is 12.3. The first-order chi connectivity index (χ1) is 11.5. The Bertz CT molecular complexity index is 630. The van der Waals surface area contributed by atoms with Crippen molar-refractivity contribution in [1.29, 1.82) is 0 Å². The smallest absolute Gasteiger partial charge is 0.293 e. The Morgan fingerprint density at radius 1 is 1.29 bits per heavy atom. The normalized spacial score (nSPS) is 23.5. The van der Waals surface area contributed by atoms with Crippen molar-refractivity contribution >= 4 is 17.3 Å². The molecule has 0 saturated heterocycles. The fourth-order valence-corrected chi connectivity index (χ4v) is 3.18. The lowest BCUT2D eigenvalue weighted by Crippen LogP contribution is -2.33. The number of hydrogen-bond donors (Lipinski definition) is 3. The summed E-state index contributed by atoms with van der Waals surface area (Å²) < 4.78 is 0. The number of benzene rings is 1. The highest BCUT2D eigenvalue weighted by molar-refractivity contribution is 5.95. The summed E-state index contributed by atoms with van der Waals surface area (Å²) in [4.78, 5) is 23.1. The van der Waals surface area contributed by atoms with Crippen molar-refractivity contribution < 1.29 is 14.8 Å². The average molecular weight is 333 g/mol. The van der Waals surface area contributed by atoms with Crippen LogP contribution in [0.3, 0.4) is 0 Å². The molecule has 0 heterocycles. The Morgan fingerprint density at radius 2 is 2.08 bits per heavy atom. The van der Waals surface area contributed by atoms with Gasteiger partial charge < -0.3 is 15.7 Å². The lowest BCUT2D eigenvalue weighted by Gasteiger charge is -2.25. The lowest BCUT2D eigenvalue weighted by atomic mass is 9.87. The van der Waals surface area contributed by atoms with E-state index < -0.39 is 4.92 Å². The van der Waals surface area contributed by atoms with E-state index in [0.717, 1.165) is 32.1 Å². The number of nitro benzene ring substituents is 1. The van der Waals surface area contributed by atoms with E-state index in [9.17, 15) is 20.0 Å². The predicted octanol–water partition coefficient (Wildman–Crippen LogP) is 2.45. The van der Waals surface area contributed by atoms with E-state index in [2.05, 4.69) is 10.6 Å². The molecule has 0 spiro atoms. The van der Waals surface area contributed by atoms with Crippen LogP contribution in [0, 0.1) is 16.0 Å². The van der Waals surface area contributed by atoms with Crippen LogP contribution in [0.15, 0.2) is 18.2 Å². The highest BCUT2D eigenvalue weighted by Crippen LogP contribution is 2.31. The highest BCUT2D eigenvalue weighted by Gasteiger charge is 2.26. The Labute approximate surface area is 140 Å². The first-order valence-electron chi connectivity index (χ1n) is 8.54. The fraction of sp³-hybridized carbons (Fsp3) is 0.588. The van der Waals surface area contributed by atoms with Gasteiger partial charge in [-0.1, -0.05) is 6.42 Å². The highest BCUT2D eigenvalue weighted by atomic mass is 16.6. The zero-order valence-electron chi connectivity index (χ0n) is 13.5. The number of carbonyl (C=O) groups excluding carboxylic acids is 1. The number of aliphatic hydroxyl groups is 1. The van der Waals surface area contributed by atoms with E-state index in [1.54, 1.807) is 12.1 Å². The molecule has 7 nitrogen and oxygen atoms in total. The molecule has 2 aliphatic carbocycles. The number of amides is 1. The van der Waals surface area contributed by atoms with Crippen molar-refractivity contribution in [2.45, 2.75) is 50.7 Å². The van der Waals surface area contributed by atoms with Crippen LogP contribution in [0.4, 0.5) is 11.4 Å². The number of rotatable bonds is 6. The Hall–Kier alpha value is -2.15. The third-order valence-electron chi connectivity index (χ3n) is 4.70. The van der Waals surface area contributed by atoms with Crippen LogP contribution < -0.4 is 10.6 Å². The van der Waals surface area contributed by atoms with Gasteiger partial charge in [-0.15, -0.1) is 0 Å². The SMILES string of the molecule is O=C(NCC1CCCC(O)C1)c1ccc(NC2CC2)c([N+](=O)[O-])c1. The number of nitrogens with one attached hydrogen (secondary N) is 2. The van der Waals surface area contributed by atoms with Crippen molar-refractivity contribution in [1.82, 2.24) is 5.32 Å². The summed E-state index contributed by atoms with van der Waals surface area (Å²) in [6, 6.07) is 4.86. The van der Waals surface area contributed by atoms with Gasteiger partial charge in [0, 0.05) is 24.2 Å². The van der Waals surface area contributed by atoms with Gasteiger partial charge in [0.2, 0.25) is 0 Å². The molecule has 0 radical (unpaired) electrons. The first-order valence-corrected chi connectivity index (χ1v) is 8.54. The number of nitrogens with zero attached hydrogens (tertiary/aromatic N) is 1. The molecule has 2 unspecified atom stereocenters. The van der Waals surface area contributed by atoms with E-state index in [-0.39, 0.29) is 23.6 Å². The molecular formula is C17H23N3O4. The molecule has 3 N–H and O–H groups in total. The minimum Gasteiger partial charge on any atom is -0.393 e. The van der Waals surface area contributed by atoms with Crippen molar-refractivity contribution in [3.63, 3.8) is 0 Å². The van der Waals surface area contributed by atoms with E-state index >= 15 is 0 Å². The molecule has 0 bridgehead atoms. The van der Waals surface area contributed by atoms with Crippen LogP contribution in [0.1, 0.15) is 48.9 Å². The standard InChI is InChI=1S/C17H23N3O4/c21-14-3-1-2-11(8-14)10-18-17(22)12-4-7-15(19-13-5-6-13)16(9-12)20(23)24/h4,7,9,11,13-14,19,21H,1-3,5-6,8,10H2,(H,18,22). The molecule has 2 fully saturated rings.